The molecule has 72 valence electrons. The first-order valence-electron chi connectivity index (χ1n) is 3.60. The summed E-state index contributed by atoms with van der Waals surface area (Å²) in [6, 6.07) is 1.59. The number of nitrogens with zero attached hydrogens (tertiary/aromatic N) is 2. The van der Waals surface area contributed by atoms with Crippen LogP contribution in [-0.4, -0.2) is 22.1 Å². The van der Waals surface area contributed by atoms with Crippen molar-refractivity contribution in [1.29, 1.82) is 0 Å². The van der Waals surface area contributed by atoms with Crippen LogP contribution in [0, 0.1) is 6.92 Å². The highest BCUT2D eigenvalue weighted by molar-refractivity contribution is 7.99. The molecule has 2 N–H and O–H groups in total. The summed E-state index contributed by atoms with van der Waals surface area (Å²) in [5.41, 5.74) is 6.10. The second-order valence-corrected chi connectivity index (χ2v) is 3.41. The molecule has 3 nitrogen and oxygen atoms in total. The summed E-state index contributed by atoms with van der Waals surface area (Å²) in [7, 11) is 0. The third kappa shape index (κ3) is 3.54. The van der Waals surface area contributed by atoms with E-state index in [1.807, 2.05) is 0 Å². The van der Waals surface area contributed by atoms with Crippen LogP contribution < -0.4 is 5.73 Å². The van der Waals surface area contributed by atoms with Crippen molar-refractivity contribution in [2.24, 2.45) is 0 Å². The summed E-state index contributed by atoms with van der Waals surface area (Å²) in [6.45, 7) is 1.74. The van der Waals surface area contributed by atoms with Gasteiger partial charge in [0.25, 0.3) is 0 Å². The van der Waals surface area contributed by atoms with E-state index in [0.717, 1.165) is 11.8 Å². The Labute approximate surface area is 78.8 Å². The van der Waals surface area contributed by atoms with Crippen molar-refractivity contribution in [3.05, 3.63) is 11.8 Å². The second-order valence-electron chi connectivity index (χ2n) is 2.42. The highest BCUT2D eigenvalue weighted by atomic mass is 32.2. The number of hydrogen-bond acceptors (Lipinski definition) is 4. The van der Waals surface area contributed by atoms with E-state index in [0.29, 0.717) is 16.7 Å². The lowest BCUT2D eigenvalue weighted by Crippen LogP contribution is -1.99. The molecule has 1 rings (SSSR count). The summed E-state index contributed by atoms with van der Waals surface area (Å²) >= 11 is 0.905. The average Bonchev–Trinajstić information content (AvgIpc) is 1.99. The summed E-state index contributed by atoms with van der Waals surface area (Å²) in [5, 5.41) is 0.304. The second kappa shape index (κ2) is 4.36. The van der Waals surface area contributed by atoms with Gasteiger partial charge in [-0.25, -0.2) is 18.7 Å². The molecule has 1 aromatic rings. The quantitative estimate of drug-likeness (QED) is 0.603. The van der Waals surface area contributed by atoms with E-state index in [1.54, 1.807) is 13.0 Å². The summed E-state index contributed by atoms with van der Waals surface area (Å²) in [6.07, 6.45) is -2.35. The van der Waals surface area contributed by atoms with Crippen molar-refractivity contribution in [3.8, 4) is 0 Å². The van der Waals surface area contributed by atoms with Crippen molar-refractivity contribution in [1.82, 2.24) is 9.97 Å². The Balaban J connectivity index is 2.66. The van der Waals surface area contributed by atoms with Crippen LogP contribution in [0.2, 0.25) is 0 Å². The number of hydrogen-bond donors (Lipinski definition) is 1. The van der Waals surface area contributed by atoms with E-state index in [9.17, 15) is 8.78 Å². The zero-order valence-electron chi connectivity index (χ0n) is 7.00. The standard InChI is InChI=1S/C7H9F2N3S/c1-4-2-6(10)12-7(11-4)13-3-5(8)9/h2,5H,3H2,1H3,(H2,10,11,12). The van der Waals surface area contributed by atoms with Gasteiger partial charge in [-0.15, -0.1) is 0 Å². The molecule has 0 atom stereocenters. The minimum atomic E-state index is -2.35. The largest absolute Gasteiger partial charge is 0.384 e. The molecule has 1 heterocycles. The molecule has 0 radical (unpaired) electrons. The summed E-state index contributed by atoms with van der Waals surface area (Å²) in [5.74, 6) is 0.00682. The minimum absolute atomic E-state index is 0.303. The van der Waals surface area contributed by atoms with Gasteiger partial charge in [0.2, 0.25) is 6.43 Å². The predicted octanol–water partition coefficient (Wildman–Crippen LogP) is 1.72. The molecule has 0 aromatic carbocycles. The summed E-state index contributed by atoms with van der Waals surface area (Å²) in [4.78, 5) is 7.75. The maximum Gasteiger partial charge on any atom is 0.248 e. The van der Waals surface area contributed by atoms with E-state index in [1.165, 1.54) is 0 Å². The smallest absolute Gasteiger partial charge is 0.248 e. The molecule has 0 unspecified atom stereocenters. The van der Waals surface area contributed by atoms with Gasteiger partial charge in [-0.3, -0.25) is 0 Å². The monoisotopic (exact) mass is 205 g/mol. The molecule has 0 aliphatic carbocycles. The fraction of sp³-hybridized carbons (Fsp3) is 0.429. The van der Waals surface area contributed by atoms with Gasteiger partial charge in [0, 0.05) is 11.8 Å². The molecule has 0 aliphatic heterocycles. The number of nitrogens with two attached hydrogens (primary N) is 1. The number of nitrogen functional groups attached to an aromatic ring is 1. The number of halogens is 2. The van der Waals surface area contributed by atoms with Crippen LogP contribution in [0.3, 0.4) is 0 Å². The van der Waals surface area contributed by atoms with Crippen molar-refractivity contribution in [3.63, 3.8) is 0 Å². The number of thioether (sulfide) groups is 1. The summed E-state index contributed by atoms with van der Waals surface area (Å²) < 4.78 is 23.6. The lowest BCUT2D eigenvalue weighted by molar-refractivity contribution is 0.176. The topological polar surface area (TPSA) is 51.8 Å². The normalized spacial score (nSPS) is 10.8. The zero-order valence-corrected chi connectivity index (χ0v) is 7.81. The van der Waals surface area contributed by atoms with Crippen LogP contribution in [0.25, 0.3) is 0 Å². The number of aromatic nitrogens is 2. The fourth-order valence-corrected chi connectivity index (χ4v) is 1.42. The van der Waals surface area contributed by atoms with Gasteiger partial charge >= 0.3 is 0 Å². The van der Waals surface area contributed by atoms with Crippen LogP contribution in [0.1, 0.15) is 5.69 Å². The van der Waals surface area contributed by atoms with E-state index < -0.39 is 6.43 Å². The lowest BCUT2D eigenvalue weighted by atomic mass is 10.4. The molecule has 0 aliphatic rings. The van der Waals surface area contributed by atoms with Gasteiger partial charge in [-0.2, -0.15) is 0 Å². The molecule has 0 spiro atoms. The van der Waals surface area contributed by atoms with E-state index in [4.69, 9.17) is 5.73 Å². The first kappa shape index (κ1) is 10.2. The molecule has 0 fully saturated rings. The molecule has 0 amide bonds. The highest BCUT2D eigenvalue weighted by Crippen LogP contribution is 2.17. The van der Waals surface area contributed by atoms with E-state index in [2.05, 4.69) is 9.97 Å². The molecular weight excluding hydrogens is 196 g/mol. The first-order valence-corrected chi connectivity index (χ1v) is 4.58. The molecule has 1 aromatic heterocycles. The van der Waals surface area contributed by atoms with Crippen molar-refractivity contribution < 1.29 is 8.78 Å². The van der Waals surface area contributed by atoms with Crippen LogP contribution in [-0.2, 0) is 0 Å². The van der Waals surface area contributed by atoms with E-state index in [-0.39, 0.29) is 5.75 Å². The maximum atomic E-state index is 11.8. The van der Waals surface area contributed by atoms with Gasteiger partial charge in [0.1, 0.15) is 5.82 Å². The third-order valence-corrected chi connectivity index (χ3v) is 2.05. The molecule has 0 bridgehead atoms. The Morgan fingerprint density at radius 1 is 1.54 bits per heavy atom. The number of aryl methyl sites for hydroxylation is 1. The van der Waals surface area contributed by atoms with Gasteiger partial charge < -0.3 is 5.73 Å². The highest BCUT2D eigenvalue weighted by Gasteiger charge is 2.06. The van der Waals surface area contributed by atoms with E-state index >= 15 is 0 Å². The lowest BCUT2D eigenvalue weighted by Gasteiger charge is -2.01. The molecule has 0 saturated heterocycles. The minimum Gasteiger partial charge on any atom is -0.384 e. The third-order valence-electron chi connectivity index (χ3n) is 1.19. The molecule has 13 heavy (non-hydrogen) atoms. The van der Waals surface area contributed by atoms with Crippen molar-refractivity contribution >= 4 is 17.6 Å². The van der Waals surface area contributed by atoms with Crippen LogP contribution in [0.5, 0.6) is 0 Å². The fourth-order valence-electron chi connectivity index (χ4n) is 0.767. The molecule has 6 heteroatoms. The molecule has 0 saturated carbocycles. The van der Waals surface area contributed by atoms with Crippen LogP contribution in [0.4, 0.5) is 14.6 Å². The Morgan fingerprint density at radius 2 is 2.23 bits per heavy atom. The predicted molar refractivity (Wildman–Crippen MR) is 47.9 cm³/mol. The van der Waals surface area contributed by atoms with Gasteiger partial charge in [0.15, 0.2) is 5.16 Å². The number of alkyl halides is 2. The average molecular weight is 205 g/mol. The Morgan fingerprint density at radius 3 is 2.77 bits per heavy atom. The zero-order chi connectivity index (χ0) is 9.84. The first-order chi connectivity index (χ1) is 6.08. The number of anilines is 1. The van der Waals surface area contributed by atoms with Gasteiger partial charge in [-0.1, -0.05) is 11.8 Å². The Hall–Kier alpha value is -0.910. The van der Waals surface area contributed by atoms with Gasteiger partial charge in [-0.05, 0) is 6.92 Å². The Bertz CT molecular complexity index is 273. The van der Waals surface area contributed by atoms with Crippen LogP contribution >= 0.6 is 11.8 Å². The maximum absolute atomic E-state index is 11.8. The van der Waals surface area contributed by atoms with Crippen molar-refractivity contribution in [2.45, 2.75) is 18.5 Å². The Kier molecular flexibility index (Phi) is 3.41. The number of rotatable bonds is 3. The van der Waals surface area contributed by atoms with Crippen molar-refractivity contribution in [2.75, 3.05) is 11.5 Å². The SMILES string of the molecule is Cc1cc(N)nc(SCC(F)F)n1. The molecular formula is C7H9F2N3S. The van der Waals surface area contributed by atoms with Crippen LogP contribution in [0.15, 0.2) is 11.2 Å². The van der Waals surface area contributed by atoms with Gasteiger partial charge in [0.05, 0.1) is 5.75 Å².